The van der Waals surface area contributed by atoms with E-state index in [1.807, 2.05) is 6.07 Å². The number of likely N-dealkylation sites (tertiary alicyclic amines) is 1. The number of anilines is 2. The Bertz CT molecular complexity index is 2100. The van der Waals surface area contributed by atoms with E-state index in [2.05, 4.69) is 75.0 Å². The quantitative estimate of drug-likeness (QED) is 0.151. The largest absolute Gasteiger partial charge is 0.508 e. The Balaban J connectivity index is 0.831. The van der Waals surface area contributed by atoms with E-state index in [1.165, 1.54) is 16.7 Å². The summed E-state index contributed by atoms with van der Waals surface area (Å²) >= 11 is 0. The summed E-state index contributed by atoms with van der Waals surface area (Å²) in [5.41, 5.74) is 6.26. The fourth-order valence-electron chi connectivity index (χ4n) is 10.6. The molecule has 292 valence electrons. The van der Waals surface area contributed by atoms with Crippen molar-refractivity contribution >= 4 is 23.2 Å². The number of amides is 2. The van der Waals surface area contributed by atoms with Crippen molar-refractivity contribution in [3.63, 3.8) is 0 Å². The summed E-state index contributed by atoms with van der Waals surface area (Å²) in [6, 6.07) is 29.8. The second kappa shape index (κ2) is 14.5. The molecule has 2 aliphatic carbocycles. The van der Waals surface area contributed by atoms with Gasteiger partial charge in [-0.15, -0.1) is 0 Å². The third-order valence-corrected chi connectivity index (χ3v) is 13.7. The van der Waals surface area contributed by atoms with Crippen LogP contribution in [0, 0.1) is 11.8 Å². The lowest BCUT2D eigenvalue weighted by atomic mass is 9.69. The summed E-state index contributed by atoms with van der Waals surface area (Å²) in [4.78, 5) is 28.4. The molecule has 5 atom stereocenters. The number of piperidine rings is 3. The summed E-state index contributed by atoms with van der Waals surface area (Å²) in [6.45, 7) is 3.69. The van der Waals surface area contributed by atoms with Crippen molar-refractivity contribution in [3.8, 4) is 11.5 Å². The summed E-state index contributed by atoms with van der Waals surface area (Å²) in [6.07, 6.45) is 5.02. The third-order valence-electron chi connectivity index (χ3n) is 13.7. The van der Waals surface area contributed by atoms with Crippen molar-refractivity contribution in [1.29, 1.82) is 0 Å². The first-order chi connectivity index (χ1) is 27.1. The first kappa shape index (κ1) is 36.7. The molecule has 2 amide bonds. The van der Waals surface area contributed by atoms with E-state index < -0.39 is 23.3 Å². The van der Waals surface area contributed by atoms with Crippen molar-refractivity contribution in [2.24, 2.45) is 11.8 Å². The minimum Gasteiger partial charge on any atom is -0.508 e. The van der Waals surface area contributed by atoms with Crippen LogP contribution in [-0.2, 0) is 21.4 Å². The highest BCUT2D eigenvalue weighted by atomic mass is 19.3. The number of hydrogen-bond donors (Lipinski definition) is 3. The zero-order valence-corrected chi connectivity index (χ0v) is 31.9. The van der Waals surface area contributed by atoms with Crippen LogP contribution in [0.2, 0.25) is 0 Å². The predicted molar refractivity (Wildman–Crippen MR) is 213 cm³/mol. The molecule has 0 aromatic heterocycles. The normalized spacial score (nSPS) is 27.5. The van der Waals surface area contributed by atoms with E-state index in [-0.39, 0.29) is 30.1 Å². The molecule has 0 bridgehead atoms. The topological polar surface area (TPSA) is 94.1 Å². The van der Waals surface area contributed by atoms with Gasteiger partial charge in [-0.25, -0.2) is 8.78 Å². The minimum atomic E-state index is -2.75. The van der Waals surface area contributed by atoms with Gasteiger partial charge >= 0.3 is 0 Å². The number of methoxy groups -OCH3 is 1. The number of phenols is 1. The van der Waals surface area contributed by atoms with Gasteiger partial charge in [0.1, 0.15) is 17.5 Å². The molecule has 5 aliphatic rings. The Morgan fingerprint density at radius 3 is 2.38 bits per heavy atom. The number of phenolic OH excluding ortho intramolecular Hbond substituents is 1. The average molecular weight is 761 g/mol. The van der Waals surface area contributed by atoms with Gasteiger partial charge in [-0.2, -0.15) is 0 Å². The first-order valence-corrected chi connectivity index (χ1v) is 20.2. The lowest BCUT2D eigenvalue weighted by Crippen LogP contribution is -2.47. The number of nitrogens with one attached hydrogen (secondary N) is 2. The molecule has 3 saturated heterocycles. The molecule has 10 heteroatoms. The highest BCUT2D eigenvalue weighted by molar-refractivity contribution is 6.01. The molecule has 56 heavy (non-hydrogen) atoms. The van der Waals surface area contributed by atoms with E-state index in [4.69, 9.17) is 4.74 Å². The summed E-state index contributed by atoms with van der Waals surface area (Å²) in [5, 5.41) is 15.8. The van der Waals surface area contributed by atoms with Crippen molar-refractivity contribution in [2.75, 3.05) is 50.1 Å². The summed E-state index contributed by atoms with van der Waals surface area (Å²) in [7, 11) is 1.75. The number of halogens is 2. The zero-order valence-electron chi connectivity index (χ0n) is 31.9. The molecule has 3 heterocycles. The first-order valence-electron chi connectivity index (χ1n) is 20.2. The number of aromatic hydroxyl groups is 1. The van der Waals surface area contributed by atoms with Crippen LogP contribution in [0.3, 0.4) is 0 Å². The van der Waals surface area contributed by atoms with Crippen LogP contribution in [0.4, 0.5) is 20.2 Å². The lowest BCUT2D eigenvalue weighted by Gasteiger charge is -2.38. The van der Waals surface area contributed by atoms with Crippen molar-refractivity contribution in [1.82, 2.24) is 10.2 Å². The van der Waals surface area contributed by atoms with Gasteiger partial charge in [-0.05, 0) is 109 Å². The number of fused-ring (bicyclic) bond motifs is 2. The van der Waals surface area contributed by atoms with Crippen molar-refractivity contribution in [3.05, 3.63) is 119 Å². The van der Waals surface area contributed by atoms with Crippen LogP contribution in [0.1, 0.15) is 78.2 Å². The van der Waals surface area contributed by atoms with Crippen LogP contribution < -0.4 is 20.3 Å². The predicted octanol–water partition coefficient (Wildman–Crippen LogP) is 7.61. The molecule has 8 nitrogen and oxygen atoms in total. The molecule has 0 spiro atoms. The number of ether oxygens (including phenoxy) is 1. The number of imide groups is 1. The van der Waals surface area contributed by atoms with Crippen LogP contribution in [0.5, 0.6) is 11.5 Å². The molecule has 3 aliphatic heterocycles. The van der Waals surface area contributed by atoms with Crippen molar-refractivity contribution < 1.29 is 28.2 Å². The molecule has 4 fully saturated rings. The summed E-state index contributed by atoms with van der Waals surface area (Å²) in [5.74, 6) is -2.07. The number of carbonyl (C=O) groups is 2. The Hall–Kier alpha value is -4.96. The van der Waals surface area contributed by atoms with E-state index in [9.17, 15) is 14.7 Å². The molecule has 3 N–H and O–H groups in total. The maximum Gasteiger partial charge on any atom is 0.263 e. The van der Waals surface area contributed by atoms with Gasteiger partial charge in [0.25, 0.3) is 5.92 Å². The van der Waals surface area contributed by atoms with Crippen LogP contribution >= 0.6 is 0 Å². The van der Waals surface area contributed by atoms with Crippen LogP contribution in [-0.4, -0.2) is 73.6 Å². The molecular weight excluding hydrogens is 711 g/mol. The molecule has 0 unspecified atom stereocenters. The maximum atomic E-state index is 15.6. The van der Waals surface area contributed by atoms with E-state index >= 15 is 8.78 Å². The SMILES string of the molecule is COc1cc(N2CCC(CN3CC[C@]4(c5ccc(N[C@@H]6CCC(=O)NC6=O)cc5)[C@H](C3)C4(F)F)CC2)ccc1[C@@H]1c2ccc(O)cc2CC[C@@H]1c1ccccc1. The Morgan fingerprint density at radius 1 is 0.875 bits per heavy atom. The van der Waals surface area contributed by atoms with Gasteiger partial charge in [0, 0.05) is 61.5 Å². The van der Waals surface area contributed by atoms with Gasteiger partial charge in [-0.3, -0.25) is 14.9 Å². The van der Waals surface area contributed by atoms with Crippen LogP contribution in [0.15, 0.2) is 91.0 Å². The van der Waals surface area contributed by atoms with E-state index in [0.29, 0.717) is 48.8 Å². The Morgan fingerprint density at radius 2 is 1.64 bits per heavy atom. The number of carbonyl (C=O) groups excluding carboxylic acids is 2. The Labute approximate surface area is 327 Å². The smallest absolute Gasteiger partial charge is 0.263 e. The number of benzene rings is 4. The lowest BCUT2D eigenvalue weighted by molar-refractivity contribution is -0.133. The van der Waals surface area contributed by atoms with Gasteiger partial charge in [0.05, 0.1) is 18.4 Å². The number of hydrogen-bond acceptors (Lipinski definition) is 7. The fraction of sp³-hybridized carbons (Fsp3) is 0.435. The molecule has 4 aromatic rings. The number of alkyl halides is 2. The number of aryl methyl sites for hydroxylation is 1. The van der Waals surface area contributed by atoms with E-state index in [0.717, 1.165) is 62.3 Å². The van der Waals surface area contributed by atoms with E-state index in [1.54, 1.807) is 37.4 Å². The van der Waals surface area contributed by atoms with Gasteiger partial charge < -0.3 is 25.0 Å². The average Bonchev–Trinajstić information content (AvgIpc) is 3.72. The van der Waals surface area contributed by atoms with Gasteiger partial charge in [0.15, 0.2) is 0 Å². The second-order valence-electron chi connectivity index (χ2n) is 16.7. The Kier molecular flexibility index (Phi) is 9.51. The number of rotatable bonds is 9. The zero-order chi connectivity index (χ0) is 38.6. The third kappa shape index (κ3) is 6.49. The minimum absolute atomic E-state index is 0.0972. The molecule has 0 radical (unpaired) electrons. The molecule has 1 saturated carbocycles. The highest BCUT2D eigenvalue weighted by Gasteiger charge is 2.81. The molecular formula is C46H50F2N4O4. The summed E-state index contributed by atoms with van der Waals surface area (Å²) < 4.78 is 37.4. The fourth-order valence-corrected chi connectivity index (χ4v) is 10.6. The van der Waals surface area contributed by atoms with Gasteiger partial charge in [-0.1, -0.05) is 54.6 Å². The standard InChI is InChI=1S/C46H50F2N4O4/c1-56-40-26-34(12-15-38(40)43-36(30-5-3-2-4-6-30)14-7-31-25-35(53)13-16-37(31)43)52-22-19-29(20-23-52)27-51-24-21-45(41(28-51)46(45,47)48)32-8-10-33(11-9-32)49-39-17-18-42(54)50-44(39)55/h2-6,8-13,15-16,25-26,29,36,39,41,43,49,53H,7,14,17-24,27-28H2,1H3,(H,50,54,55)/t36-,39-,41+,43+,45+/m1/s1. The molecule has 9 rings (SSSR count). The van der Waals surface area contributed by atoms with Crippen LogP contribution in [0.25, 0.3) is 0 Å². The second-order valence-corrected chi connectivity index (χ2v) is 16.7. The highest BCUT2D eigenvalue weighted by Crippen LogP contribution is 2.70. The molecule has 4 aromatic carbocycles. The monoisotopic (exact) mass is 760 g/mol. The van der Waals surface area contributed by atoms with Crippen molar-refractivity contribution in [2.45, 2.75) is 74.2 Å². The van der Waals surface area contributed by atoms with Gasteiger partial charge in [0.2, 0.25) is 11.8 Å². The maximum absolute atomic E-state index is 15.6. The number of nitrogens with zero attached hydrogens (tertiary/aromatic N) is 2.